The molecule has 20 heavy (non-hydrogen) atoms. The van der Waals surface area contributed by atoms with Crippen LogP contribution in [0.2, 0.25) is 0 Å². The molecule has 0 saturated carbocycles. The Bertz CT molecular complexity index is 565. The van der Waals surface area contributed by atoms with Gasteiger partial charge in [-0.1, -0.05) is 30.3 Å². The number of carbonyl (C=O) groups excluding carboxylic acids is 1. The van der Waals surface area contributed by atoms with Gasteiger partial charge in [-0.2, -0.15) is 0 Å². The van der Waals surface area contributed by atoms with Gasteiger partial charge < -0.3 is 15.6 Å². The van der Waals surface area contributed by atoms with Crippen molar-refractivity contribution in [2.75, 3.05) is 19.6 Å². The molecular formula is C16H19N3O. The van der Waals surface area contributed by atoms with Crippen molar-refractivity contribution < 1.29 is 4.79 Å². The summed E-state index contributed by atoms with van der Waals surface area (Å²) in [6, 6.07) is 14.0. The van der Waals surface area contributed by atoms with Crippen LogP contribution in [0.15, 0.2) is 48.7 Å². The topological polar surface area (TPSA) is 62.1 Å². The largest absolute Gasteiger partial charge is 0.357 e. The lowest BCUT2D eigenvalue weighted by atomic mass is 9.89. The maximum Gasteiger partial charge on any atom is 0.270 e. The minimum atomic E-state index is 0.0619. The molecule has 104 valence electrons. The third kappa shape index (κ3) is 2.34. The van der Waals surface area contributed by atoms with Crippen LogP contribution in [0.4, 0.5) is 0 Å². The lowest BCUT2D eigenvalue weighted by Gasteiger charge is -2.16. The Morgan fingerprint density at radius 2 is 2.00 bits per heavy atom. The molecule has 2 atom stereocenters. The van der Waals surface area contributed by atoms with Crippen molar-refractivity contribution in [3.63, 3.8) is 0 Å². The summed E-state index contributed by atoms with van der Waals surface area (Å²) in [6.07, 6.45) is 1.78. The molecule has 0 spiro atoms. The van der Waals surface area contributed by atoms with Gasteiger partial charge in [-0.3, -0.25) is 4.79 Å². The first-order valence-electron chi connectivity index (χ1n) is 6.97. The molecule has 1 saturated heterocycles. The van der Waals surface area contributed by atoms with Crippen LogP contribution in [0.5, 0.6) is 0 Å². The van der Waals surface area contributed by atoms with Gasteiger partial charge in [0, 0.05) is 25.2 Å². The van der Waals surface area contributed by atoms with Crippen molar-refractivity contribution in [3.8, 4) is 0 Å². The summed E-state index contributed by atoms with van der Waals surface area (Å²) in [7, 11) is 0. The number of hydrogen-bond donors (Lipinski definition) is 2. The Balaban J connectivity index is 1.80. The summed E-state index contributed by atoms with van der Waals surface area (Å²) in [4.78, 5) is 17.3. The van der Waals surface area contributed by atoms with Gasteiger partial charge in [0.1, 0.15) is 5.69 Å². The molecular weight excluding hydrogens is 250 g/mol. The zero-order valence-corrected chi connectivity index (χ0v) is 11.3. The van der Waals surface area contributed by atoms with Crippen molar-refractivity contribution in [2.45, 2.75) is 5.92 Å². The van der Waals surface area contributed by atoms with E-state index in [9.17, 15) is 4.79 Å². The van der Waals surface area contributed by atoms with E-state index in [0.29, 0.717) is 24.1 Å². The molecule has 1 amide bonds. The van der Waals surface area contributed by atoms with Gasteiger partial charge in [-0.05, 0) is 30.2 Å². The van der Waals surface area contributed by atoms with E-state index in [1.54, 1.807) is 6.20 Å². The molecule has 0 unspecified atom stereocenters. The second-order valence-corrected chi connectivity index (χ2v) is 5.31. The molecule has 2 aromatic rings. The van der Waals surface area contributed by atoms with Gasteiger partial charge in [-0.25, -0.2) is 0 Å². The predicted molar refractivity (Wildman–Crippen MR) is 78.4 cm³/mol. The van der Waals surface area contributed by atoms with Gasteiger partial charge in [0.25, 0.3) is 5.91 Å². The normalized spacial score (nSPS) is 22.1. The number of nitrogens with zero attached hydrogens (tertiary/aromatic N) is 1. The maximum atomic E-state index is 12.4. The molecule has 0 radical (unpaired) electrons. The average molecular weight is 269 g/mol. The van der Waals surface area contributed by atoms with E-state index in [1.807, 2.05) is 35.2 Å². The number of carbonyl (C=O) groups is 1. The van der Waals surface area contributed by atoms with Crippen molar-refractivity contribution in [1.82, 2.24) is 9.88 Å². The maximum absolute atomic E-state index is 12.4. The molecule has 2 heterocycles. The van der Waals surface area contributed by atoms with Crippen LogP contribution in [0, 0.1) is 5.92 Å². The highest BCUT2D eigenvalue weighted by Gasteiger charge is 2.35. The Kier molecular flexibility index (Phi) is 3.56. The summed E-state index contributed by atoms with van der Waals surface area (Å²) < 4.78 is 0. The number of hydrogen-bond acceptors (Lipinski definition) is 2. The van der Waals surface area contributed by atoms with Crippen molar-refractivity contribution in [2.24, 2.45) is 11.7 Å². The van der Waals surface area contributed by atoms with Crippen LogP contribution in [-0.2, 0) is 0 Å². The fourth-order valence-corrected chi connectivity index (χ4v) is 2.99. The van der Waals surface area contributed by atoms with Gasteiger partial charge in [-0.15, -0.1) is 0 Å². The van der Waals surface area contributed by atoms with Crippen LogP contribution in [0.25, 0.3) is 0 Å². The summed E-state index contributed by atoms with van der Waals surface area (Å²) in [5, 5.41) is 0. The molecule has 0 bridgehead atoms. The second kappa shape index (κ2) is 5.51. The first-order chi connectivity index (χ1) is 9.79. The number of likely N-dealkylation sites (tertiary alicyclic amines) is 1. The number of nitrogens with one attached hydrogen (secondary N) is 1. The van der Waals surface area contributed by atoms with E-state index in [1.165, 1.54) is 5.56 Å². The molecule has 1 aromatic carbocycles. The fourth-order valence-electron chi connectivity index (χ4n) is 2.99. The van der Waals surface area contributed by atoms with Gasteiger partial charge >= 0.3 is 0 Å². The number of aromatic nitrogens is 1. The number of nitrogens with two attached hydrogens (primary N) is 1. The highest BCUT2D eigenvalue weighted by atomic mass is 16.2. The molecule has 1 aliphatic heterocycles. The lowest BCUT2D eigenvalue weighted by molar-refractivity contribution is 0.0781. The molecule has 3 rings (SSSR count). The average Bonchev–Trinajstić information content (AvgIpc) is 3.17. The van der Waals surface area contributed by atoms with E-state index in [2.05, 4.69) is 17.1 Å². The number of amides is 1. The monoisotopic (exact) mass is 269 g/mol. The minimum absolute atomic E-state index is 0.0619. The van der Waals surface area contributed by atoms with E-state index >= 15 is 0 Å². The number of aromatic amines is 1. The van der Waals surface area contributed by atoms with Crippen molar-refractivity contribution in [3.05, 3.63) is 59.9 Å². The Hall–Kier alpha value is -2.07. The number of H-pyrrole nitrogens is 1. The molecule has 4 heteroatoms. The number of benzene rings is 1. The first-order valence-corrected chi connectivity index (χ1v) is 6.97. The zero-order valence-electron chi connectivity index (χ0n) is 11.3. The van der Waals surface area contributed by atoms with Crippen LogP contribution < -0.4 is 5.73 Å². The van der Waals surface area contributed by atoms with Crippen LogP contribution in [0.1, 0.15) is 22.0 Å². The predicted octanol–water partition coefficient (Wildman–Crippen LogP) is 1.83. The van der Waals surface area contributed by atoms with Gasteiger partial charge in [0.05, 0.1) is 0 Å². The minimum Gasteiger partial charge on any atom is -0.357 e. The van der Waals surface area contributed by atoms with E-state index in [-0.39, 0.29) is 5.91 Å². The van der Waals surface area contributed by atoms with E-state index in [4.69, 9.17) is 5.73 Å². The molecule has 0 aliphatic carbocycles. The van der Waals surface area contributed by atoms with Gasteiger partial charge in [0.15, 0.2) is 0 Å². The summed E-state index contributed by atoms with van der Waals surface area (Å²) >= 11 is 0. The zero-order chi connectivity index (χ0) is 13.9. The first kappa shape index (κ1) is 12.9. The van der Waals surface area contributed by atoms with Crippen molar-refractivity contribution >= 4 is 5.91 Å². The van der Waals surface area contributed by atoms with Crippen LogP contribution >= 0.6 is 0 Å². The third-order valence-corrected chi connectivity index (χ3v) is 4.09. The smallest absolute Gasteiger partial charge is 0.270 e. The van der Waals surface area contributed by atoms with Crippen LogP contribution in [-0.4, -0.2) is 35.4 Å². The SMILES string of the molecule is NC[C@@H]1CN(C(=O)c2ccc[nH]2)C[C@H]1c1ccccc1. The Morgan fingerprint density at radius 3 is 2.65 bits per heavy atom. The molecule has 3 N–H and O–H groups in total. The highest BCUT2D eigenvalue weighted by Crippen LogP contribution is 2.32. The Labute approximate surface area is 118 Å². The van der Waals surface area contributed by atoms with E-state index < -0.39 is 0 Å². The quantitative estimate of drug-likeness (QED) is 0.893. The summed E-state index contributed by atoms with van der Waals surface area (Å²) in [5.41, 5.74) is 7.81. The third-order valence-electron chi connectivity index (χ3n) is 4.09. The van der Waals surface area contributed by atoms with Crippen molar-refractivity contribution in [1.29, 1.82) is 0 Å². The Morgan fingerprint density at radius 1 is 1.20 bits per heavy atom. The summed E-state index contributed by atoms with van der Waals surface area (Å²) in [6.45, 7) is 2.08. The lowest BCUT2D eigenvalue weighted by Crippen LogP contribution is -2.30. The molecule has 4 nitrogen and oxygen atoms in total. The highest BCUT2D eigenvalue weighted by molar-refractivity contribution is 5.92. The molecule has 1 aromatic heterocycles. The van der Waals surface area contributed by atoms with Gasteiger partial charge in [0.2, 0.25) is 0 Å². The number of rotatable bonds is 3. The standard InChI is InChI=1S/C16H19N3O/c17-9-13-10-19(16(20)15-7-4-8-18-15)11-14(13)12-5-2-1-3-6-12/h1-8,13-14,18H,9-11,17H2/t13-,14+/m1/s1. The molecule has 1 fully saturated rings. The van der Waals surface area contributed by atoms with E-state index in [0.717, 1.165) is 13.1 Å². The van der Waals surface area contributed by atoms with Crippen LogP contribution in [0.3, 0.4) is 0 Å². The second-order valence-electron chi connectivity index (χ2n) is 5.31. The molecule has 1 aliphatic rings. The summed E-state index contributed by atoms with van der Waals surface area (Å²) in [5.74, 6) is 0.725. The fraction of sp³-hybridized carbons (Fsp3) is 0.312.